The van der Waals surface area contributed by atoms with Gasteiger partial charge in [0.2, 0.25) is 0 Å². The van der Waals surface area contributed by atoms with Gasteiger partial charge in [0.25, 0.3) is 0 Å². The quantitative estimate of drug-likeness (QED) is 0.0941. The van der Waals surface area contributed by atoms with E-state index in [2.05, 4.69) is 161 Å². The van der Waals surface area contributed by atoms with Gasteiger partial charge in [-0.25, -0.2) is 8.83 Å². The van der Waals surface area contributed by atoms with Crippen molar-refractivity contribution in [2.75, 3.05) is 0 Å². The topological polar surface area (TPSA) is 22.6 Å². The zero-order chi connectivity index (χ0) is 40.6. The molecule has 0 saturated heterocycles. The van der Waals surface area contributed by atoms with Gasteiger partial charge in [-0.2, -0.15) is 0 Å². The molecule has 0 atom stereocenters. The molecule has 16 heteroatoms. The fourth-order valence-electron chi connectivity index (χ4n) is 5.22. The van der Waals surface area contributed by atoms with Gasteiger partial charge in [0.1, 0.15) is 0 Å². The van der Waals surface area contributed by atoms with Crippen LogP contribution in [0.15, 0.2) is 172 Å². The van der Waals surface area contributed by atoms with Gasteiger partial charge < -0.3 is 34.5 Å². The average Bonchev–Trinajstić information content (AvgIpc) is 3.14. The van der Waals surface area contributed by atoms with Crippen LogP contribution in [0.5, 0.6) is 0 Å². The van der Waals surface area contributed by atoms with E-state index in [0.717, 1.165) is 85.4 Å². The molecule has 286 valence electrons. The van der Waals surface area contributed by atoms with Crippen LogP contribution in [0.1, 0.15) is 0 Å². The minimum Gasteiger partial charge on any atom is -0.418 e. The Bertz CT molecular complexity index is 2070. The van der Waals surface area contributed by atoms with Crippen LogP contribution in [0.25, 0.3) is 67.5 Å². The number of rotatable bonds is 6. The van der Waals surface area contributed by atoms with E-state index in [1.54, 1.807) is 0 Å². The summed E-state index contributed by atoms with van der Waals surface area (Å²) in [6, 6.07) is 49.9. The van der Waals surface area contributed by atoms with E-state index < -0.39 is 14.5 Å². The van der Waals surface area contributed by atoms with Crippen molar-refractivity contribution >= 4 is 78.2 Å². The maximum atomic E-state index is 9.75. The summed E-state index contributed by atoms with van der Waals surface area (Å²) in [5, 5.41) is 0. The minimum absolute atomic E-state index is 0.801. The summed E-state index contributed by atoms with van der Waals surface area (Å²) < 4.78 is 95.0. The molecule has 0 saturated carbocycles. The zero-order valence-corrected chi connectivity index (χ0v) is 34.7. The predicted octanol–water partition coefficient (Wildman–Crippen LogP) is 17.1. The standard InChI is InChI=1S/C40H24Br4O2.2BF4/c41-33-13-5-27(6-14-33)37-21-31(22-38(45-37)28-7-15-34(42)16-8-28)25-1-2-26(4-3-25)32-23-39(29-9-17-35(43)18-10-29)46-40(24-32)30-11-19-36(44)20-12-30;2*2-1(3,4)5/h1-24H;;/q+2;2*-1. The van der Waals surface area contributed by atoms with Crippen molar-refractivity contribution in [3.8, 4) is 67.5 Å². The van der Waals surface area contributed by atoms with Crippen molar-refractivity contribution in [2.24, 2.45) is 0 Å². The van der Waals surface area contributed by atoms with Crippen molar-refractivity contribution < 1.29 is 43.4 Å². The molecular weight excluding hydrogens is 1010 g/mol. The van der Waals surface area contributed by atoms with E-state index in [1.807, 2.05) is 48.5 Å². The van der Waals surface area contributed by atoms with Crippen molar-refractivity contribution in [1.82, 2.24) is 0 Å². The van der Waals surface area contributed by atoms with Crippen LogP contribution < -0.4 is 0 Å². The largest absolute Gasteiger partial charge is 0.673 e. The first-order chi connectivity index (χ1) is 26.4. The van der Waals surface area contributed by atoms with Gasteiger partial charge in [-0.1, -0.05) is 88.0 Å². The summed E-state index contributed by atoms with van der Waals surface area (Å²) >= 11 is 14.2. The van der Waals surface area contributed by atoms with Crippen LogP contribution in [-0.2, 0) is 0 Å². The lowest BCUT2D eigenvalue weighted by atomic mass is 9.97. The van der Waals surface area contributed by atoms with Crippen molar-refractivity contribution in [3.63, 3.8) is 0 Å². The first kappa shape index (κ1) is 43.0. The molecule has 2 heterocycles. The molecule has 0 unspecified atom stereocenters. The van der Waals surface area contributed by atoms with Gasteiger partial charge in [0.15, 0.2) is 0 Å². The molecule has 0 aliphatic heterocycles. The lowest BCUT2D eigenvalue weighted by molar-refractivity contribution is 0.366. The summed E-state index contributed by atoms with van der Waals surface area (Å²) in [5.74, 6) is 3.20. The highest BCUT2D eigenvalue weighted by atomic mass is 79.9. The molecule has 0 amide bonds. The predicted molar refractivity (Wildman–Crippen MR) is 224 cm³/mol. The Hall–Kier alpha value is -4.11. The Labute approximate surface area is 350 Å². The summed E-state index contributed by atoms with van der Waals surface area (Å²) in [6.07, 6.45) is 0. The molecule has 2 nitrogen and oxygen atoms in total. The molecule has 7 aromatic rings. The van der Waals surface area contributed by atoms with E-state index in [-0.39, 0.29) is 0 Å². The summed E-state index contributed by atoms with van der Waals surface area (Å²) in [7, 11) is -12.0. The first-order valence-corrected chi connectivity index (χ1v) is 19.4. The highest BCUT2D eigenvalue weighted by Gasteiger charge is 2.24. The molecule has 0 radical (unpaired) electrons. The number of hydrogen-bond acceptors (Lipinski definition) is 0. The summed E-state index contributed by atoms with van der Waals surface area (Å²) in [5.41, 5.74) is 8.37. The van der Waals surface area contributed by atoms with Crippen molar-refractivity contribution in [3.05, 3.63) is 163 Å². The van der Waals surface area contributed by atoms with Gasteiger partial charge in [-0.15, -0.1) is 0 Å². The number of hydrogen-bond donors (Lipinski definition) is 0. The molecule has 0 N–H and O–H groups in total. The van der Waals surface area contributed by atoms with Crippen LogP contribution in [0.2, 0.25) is 0 Å². The second kappa shape index (κ2) is 18.9. The lowest BCUT2D eigenvalue weighted by Gasteiger charge is -2.06. The third-order valence-electron chi connectivity index (χ3n) is 7.65. The fraction of sp³-hybridized carbons (Fsp3) is 0. The molecule has 0 bridgehead atoms. The SMILES string of the molecule is Brc1ccc(-c2cc(-c3ccc(-c4cc(-c5ccc(Br)cc5)[o+]c(-c5ccc(Br)cc5)c4)cc3)cc(-c3ccc(Br)cc3)[o+]2)cc1.F[B-](F)(F)F.F[B-](F)(F)F. The molecule has 0 spiro atoms. The smallest absolute Gasteiger partial charge is 0.418 e. The van der Waals surface area contributed by atoms with E-state index in [0.29, 0.717) is 0 Å². The molecule has 5 aromatic carbocycles. The van der Waals surface area contributed by atoms with E-state index >= 15 is 0 Å². The maximum Gasteiger partial charge on any atom is 0.673 e. The molecule has 7 rings (SSSR count). The van der Waals surface area contributed by atoms with Gasteiger partial charge in [-0.05, 0) is 108 Å². The van der Waals surface area contributed by atoms with E-state index in [9.17, 15) is 34.5 Å². The highest BCUT2D eigenvalue weighted by Crippen LogP contribution is 2.37. The molecule has 0 fully saturated rings. The van der Waals surface area contributed by atoms with Gasteiger partial charge in [-0.3, -0.25) is 0 Å². The summed E-state index contributed by atoms with van der Waals surface area (Å²) in [6.45, 7) is 0. The monoisotopic (exact) mass is 1030 g/mol. The molecular formula is C40H24B2Br4F8O2. The van der Waals surface area contributed by atoms with E-state index in [1.165, 1.54) is 0 Å². The highest BCUT2D eigenvalue weighted by molar-refractivity contribution is 9.11. The number of halogens is 12. The van der Waals surface area contributed by atoms with Crippen LogP contribution in [0.3, 0.4) is 0 Å². The van der Waals surface area contributed by atoms with Gasteiger partial charge in [0, 0.05) is 29.0 Å². The van der Waals surface area contributed by atoms with Crippen LogP contribution in [0.4, 0.5) is 34.5 Å². The Morgan fingerprint density at radius 1 is 0.268 bits per heavy atom. The normalized spacial score (nSPS) is 11.2. The van der Waals surface area contributed by atoms with Crippen LogP contribution in [-0.4, -0.2) is 14.5 Å². The third-order valence-corrected chi connectivity index (χ3v) is 9.77. The van der Waals surface area contributed by atoms with Gasteiger partial charge >= 0.3 is 37.5 Å². The second-order valence-electron chi connectivity index (χ2n) is 11.7. The van der Waals surface area contributed by atoms with Gasteiger partial charge in [0.05, 0.1) is 46.5 Å². The van der Waals surface area contributed by atoms with Crippen molar-refractivity contribution in [1.29, 1.82) is 0 Å². The molecule has 0 aliphatic rings. The molecule has 2 aromatic heterocycles. The summed E-state index contributed by atoms with van der Waals surface area (Å²) in [4.78, 5) is 0. The minimum atomic E-state index is -6.00. The Kier molecular flexibility index (Phi) is 14.5. The molecule has 0 aliphatic carbocycles. The fourth-order valence-corrected chi connectivity index (χ4v) is 6.27. The lowest BCUT2D eigenvalue weighted by Crippen LogP contribution is -2.02. The molecule has 56 heavy (non-hydrogen) atoms. The Morgan fingerprint density at radius 2 is 0.429 bits per heavy atom. The number of benzene rings is 5. The van der Waals surface area contributed by atoms with Crippen molar-refractivity contribution in [2.45, 2.75) is 0 Å². The van der Waals surface area contributed by atoms with Crippen LogP contribution in [0, 0.1) is 0 Å². The zero-order valence-electron chi connectivity index (χ0n) is 28.4. The second-order valence-corrected chi connectivity index (χ2v) is 15.4. The Balaban J connectivity index is 0.000000536. The van der Waals surface area contributed by atoms with Crippen LogP contribution >= 0.6 is 63.7 Å². The van der Waals surface area contributed by atoms with E-state index in [4.69, 9.17) is 8.83 Å². The Morgan fingerprint density at radius 3 is 0.607 bits per heavy atom. The first-order valence-electron chi connectivity index (χ1n) is 16.2. The average molecular weight is 1030 g/mol. The third kappa shape index (κ3) is 13.5. The maximum absolute atomic E-state index is 9.75.